The highest BCUT2D eigenvalue weighted by Crippen LogP contribution is 2.29. The number of methoxy groups -OCH3 is 2. The number of anilines is 1. The molecule has 0 aliphatic rings. The zero-order valence-electron chi connectivity index (χ0n) is 15.4. The van der Waals surface area contributed by atoms with Gasteiger partial charge in [0.1, 0.15) is 17.2 Å². The van der Waals surface area contributed by atoms with Crippen LogP contribution < -0.4 is 14.8 Å². The van der Waals surface area contributed by atoms with E-state index in [-0.39, 0.29) is 11.6 Å². The molecule has 7 nitrogen and oxygen atoms in total. The van der Waals surface area contributed by atoms with Crippen molar-refractivity contribution in [3.05, 3.63) is 47.8 Å². The van der Waals surface area contributed by atoms with Gasteiger partial charge in [0.2, 0.25) is 0 Å². The molecule has 26 heavy (non-hydrogen) atoms. The first-order chi connectivity index (χ1) is 12.5. The van der Waals surface area contributed by atoms with Gasteiger partial charge < -0.3 is 19.7 Å². The highest BCUT2D eigenvalue weighted by atomic mass is 16.5. The molecule has 0 fully saturated rings. The first-order valence-corrected chi connectivity index (χ1v) is 8.32. The summed E-state index contributed by atoms with van der Waals surface area (Å²) in [6.07, 6.45) is 1.45. The van der Waals surface area contributed by atoms with E-state index in [2.05, 4.69) is 10.3 Å². The first kappa shape index (κ1) is 19.2. The van der Waals surface area contributed by atoms with E-state index in [1.807, 2.05) is 13.8 Å². The molecule has 1 aromatic carbocycles. The summed E-state index contributed by atoms with van der Waals surface area (Å²) in [6, 6.07) is 8.17. The Morgan fingerprint density at radius 2 is 1.81 bits per heavy atom. The number of pyridine rings is 1. The van der Waals surface area contributed by atoms with Gasteiger partial charge >= 0.3 is 0 Å². The molecule has 0 saturated heterocycles. The Morgan fingerprint density at radius 1 is 1.08 bits per heavy atom. The van der Waals surface area contributed by atoms with Gasteiger partial charge in [0.25, 0.3) is 11.8 Å². The molecule has 7 heteroatoms. The summed E-state index contributed by atoms with van der Waals surface area (Å²) in [4.78, 5) is 30.8. The van der Waals surface area contributed by atoms with Crippen LogP contribution >= 0.6 is 0 Å². The van der Waals surface area contributed by atoms with Gasteiger partial charge in [-0.05, 0) is 38.1 Å². The van der Waals surface area contributed by atoms with Crippen LogP contribution in [0.5, 0.6) is 11.5 Å². The zero-order chi connectivity index (χ0) is 19.1. The second-order valence-corrected chi connectivity index (χ2v) is 5.43. The van der Waals surface area contributed by atoms with Crippen molar-refractivity contribution in [3.63, 3.8) is 0 Å². The topological polar surface area (TPSA) is 80.8 Å². The third-order valence-electron chi connectivity index (χ3n) is 3.95. The lowest BCUT2D eigenvalue weighted by molar-refractivity contribution is 0.0773. The van der Waals surface area contributed by atoms with Gasteiger partial charge in [0.05, 0.1) is 19.9 Å². The van der Waals surface area contributed by atoms with E-state index in [0.29, 0.717) is 35.8 Å². The van der Waals surface area contributed by atoms with Crippen molar-refractivity contribution in [1.29, 1.82) is 0 Å². The standard InChI is InChI=1S/C19H23N3O4/c1-5-22(6-2)19(24)13-9-10-20-16(11-13)18(23)21-15-12-14(25-3)7-8-17(15)26-4/h7-12H,5-6H2,1-4H3,(H,21,23). The minimum atomic E-state index is -0.439. The lowest BCUT2D eigenvalue weighted by Gasteiger charge is -2.18. The third kappa shape index (κ3) is 4.30. The van der Waals surface area contributed by atoms with Gasteiger partial charge in [-0.1, -0.05) is 0 Å². The van der Waals surface area contributed by atoms with E-state index in [4.69, 9.17) is 9.47 Å². The summed E-state index contributed by atoms with van der Waals surface area (Å²) in [6.45, 7) is 5.01. The minimum Gasteiger partial charge on any atom is -0.497 e. The number of amides is 2. The van der Waals surface area contributed by atoms with Crippen molar-refractivity contribution < 1.29 is 19.1 Å². The Balaban J connectivity index is 2.26. The summed E-state index contributed by atoms with van der Waals surface area (Å²) in [5.41, 5.74) is 1.03. The summed E-state index contributed by atoms with van der Waals surface area (Å²) < 4.78 is 10.4. The molecule has 0 unspecified atom stereocenters. The number of nitrogens with zero attached hydrogens (tertiary/aromatic N) is 2. The third-order valence-corrected chi connectivity index (χ3v) is 3.95. The molecule has 1 heterocycles. The van der Waals surface area contributed by atoms with Gasteiger partial charge in [0.15, 0.2) is 0 Å². The number of benzene rings is 1. The molecular weight excluding hydrogens is 334 g/mol. The van der Waals surface area contributed by atoms with Gasteiger partial charge in [-0.2, -0.15) is 0 Å². The zero-order valence-corrected chi connectivity index (χ0v) is 15.4. The van der Waals surface area contributed by atoms with Crippen molar-refractivity contribution in [3.8, 4) is 11.5 Å². The molecule has 0 spiro atoms. The predicted octanol–water partition coefficient (Wildman–Crippen LogP) is 2.83. The SMILES string of the molecule is CCN(CC)C(=O)c1ccnc(C(=O)Nc2cc(OC)ccc2OC)c1. The van der Waals surface area contributed by atoms with Crippen molar-refractivity contribution in [2.75, 3.05) is 32.6 Å². The fraction of sp³-hybridized carbons (Fsp3) is 0.316. The molecule has 0 saturated carbocycles. The monoisotopic (exact) mass is 357 g/mol. The molecule has 2 rings (SSSR count). The molecule has 1 aromatic heterocycles. The highest BCUT2D eigenvalue weighted by molar-refractivity contribution is 6.05. The summed E-state index contributed by atoms with van der Waals surface area (Å²) in [5.74, 6) is 0.505. The molecule has 0 atom stereocenters. The molecule has 138 valence electrons. The van der Waals surface area contributed by atoms with Crippen molar-refractivity contribution in [2.24, 2.45) is 0 Å². The average Bonchev–Trinajstić information content (AvgIpc) is 2.68. The minimum absolute atomic E-state index is 0.134. The Morgan fingerprint density at radius 3 is 2.42 bits per heavy atom. The van der Waals surface area contributed by atoms with Crippen LogP contribution in [-0.2, 0) is 0 Å². The van der Waals surface area contributed by atoms with Crippen LogP contribution in [0.1, 0.15) is 34.7 Å². The van der Waals surface area contributed by atoms with Gasteiger partial charge in [-0.15, -0.1) is 0 Å². The maximum absolute atomic E-state index is 12.6. The fourth-order valence-corrected chi connectivity index (χ4v) is 2.48. The van der Waals surface area contributed by atoms with Crippen LogP contribution in [0.4, 0.5) is 5.69 Å². The summed E-state index contributed by atoms with van der Waals surface area (Å²) >= 11 is 0. The number of rotatable bonds is 7. The average molecular weight is 357 g/mol. The summed E-state index contributed by atoms with van der Waals surface area (Å²) in [5, 5.41) is 2.74. The molecule has 0 bridgehead atoms. The fourth-order valence-electron chi connectivity index (χ4n) is 2.48. The smallest absolute Gasteiger partial charge is 0.274 e. The Bertz CT molecular complexity index is 788. The van der Waals surface area contributed by atoms with Crippen LogP contribution in [0, 0.1) is 0 Å². The first-order valence-electron chi connectivity index (χ1n) is 8.32. The molecule has 2 amide bonds. The van der Waals surface area contributed by atoms with Crippen LogP contribution in [0.2, 0.25) is 0 Å². The van der Waals surface area contributed by atoms with E-state index in [9.17, 15) is 9.59 Å². The molecule has 1 N–H and O–H groups in total. The second-order valence-electron chi connectivity index (χ2n) is 5.43. The maximum atomic E-state index is 12.6. The number of carbonyl (C=O) groups is 2. The number of hydrogen-bond acceptors (Lipinski definition) is 5. The molecule has 2 aromatic rings. The van der Waals surface area contributed by atoms with Gasteiger partial charge in [-0.3, -0.25) is 14.6 Å². The van der Waals surface area contributed by atoms with E-state index in [1.54, 1.807) is 29.2 Å². The second kappa shape index (κ2) is 8.84. The number of carbonyl (C=O) groups excluding carboxylic acids is 2. The molecular formula is C19H23N3O4. The van der Waals surface area contributed by atoms with Crippen molar-refractivity contribution >= 4 is 17.5 Å². The normalized spacial score (nSPS) is 10.2. The quantitative estimate of drug-likeness (QED) is 0.824. The Kier molecular flexibility index (Phi) is 6.54. The number of nitrogens with one attached hydrogen (secondary N) is 1. The Labute approximate surface area is 152 Å². The molecule has 0 aliphatic heterocycles. The maximum Gasteiger partial charge on any atom is 0.274 e. The Hall–Kier alpha value is -3.09. The number of ether oxygens (including phenoxy) is 2. The van der Waals surface area contributed by atoms with Crippen molar-refractivity contribution in [1.82, 2.24) is 9.88 Å². The van der Waals surface area contributed by atoms with Gasteiger partial charge in [-0.25, -0.2) is 0 Å². The van der Waals surface area contributed by atoms with Crippen LogP contribution in [0.3, 0.4) is 0 Å². The summed E-state index contributed by atoms with van der Waals surface area (Å²) in [7, 11) is 3.05. The highest BCUT2D eigenvalue weighted by Gasteiger charge is 2.17. The van der Waals surface area contributed by atoms with Crippen LogP contribution in [0.25, 0.3) is 0 Å². The molecule has 0 radical (unpaired) electrons. The largest absolute Gasteiger partial charge is 0.497 e. The molecule has 0 aliphatic carbocycles. The number of aromatic nitrogens is 1. The lowest BCUT2D eigenvalue weighted by atomic mass is 10.2. The van der Waals surface area contributed by atoms with E-state index < -0.39 is 5.91 Å². The van der Waals surface area contributed by atoms with Crippen LogP contribution in [0.15, 0.2) is 36.5 Å². The number of hydrogen-bond donors (Lipinski definition) is 1. The van der Waals surface area contributed by atoms with Crippen LogP contribution in [-0.4, -0.2) is 49.0 Å². The predicted molar refractivity (Wildman–Crippen MR) is 99.0 cm³/mol. The van der Waals surface area contributed by atoms with Gasteiger partial charge in [0, 0.05) is 30.9 Å². The van der Waals surface area contributed by atoms with E-state index >= 15 is 0 Å². The van der Waals surface area contributed by atoms with E-state index in [0.717, 1.165) is 0 Å². The lowest BCUT2D eigenvalue weighted by Crippen LogP contribution is -2.30. The van der Waals surface area contributed by atoms with Crippen molar-refractivity contribution in [2.45, 2.75) is 13.8 Å². The van der Waals surface area contributed by atoms with E-state index in [1.165, 1.54) is 26.5 Å².